The van der Waals surface area contributed by atoms with Gasteiger partial charge in [0.15, 0.2) is 0 Å². The molecule has 1 aliphatic carbocycles. The second-order valence-electron chi connectivity index (χ2n) is 20.6. The van der Waals surface area contributed by atoms with Crippen LogP contribution in [-0.2, 0) is 16.2 Å². The number of furan rings is 1. The van der Waals surface area contributed by atoms with Crippen molar-refractivity contribution >= 4 is 74.5 Å². The van der Waals surface area contributed by atoms with Crippen LogP contribution >= 0.6 is 0 Å². The topological polar surface area (TPSA) is 22.9 Å². The Balaban J connectivity index is 1.28. The third-order valence-electron chi connectivity index (χ3n) is 14.2. The molecule has 4 nitrogen and oxygen atoms in total. The van der Waals surface area contributed by atoms with Crippen LogP contribution in [0.5, 0.6) is 0 Å². The number of benzene rings is 8. The van der Waals surface area contributed by atoms with Gasteiger partial charge in [-0.2, -0.15) is 0 Å². The van der Waals surface area contributed by atoms with Crippen LogP contribution in [-0.4, -0.2) is 6.71 Å². The zero-order valence-electron chi connectivity index (χ0n) is 54.6. The Kier molecular flexibility index (Phi) is 6.84. The minimum absolute atomic E-state index is 0.0421. The fourth-order valence-electron chi connectivity index (χ4n) is 10.6. The zero-order chi connectivity index (χ0) is 60.3. The third kappa shape index (κ3) is 7.12. The summed E-state index contributed by atoms with van der Waals surface area (Å²) in [5, 5.41) is 0. The van der Waals surface area contributed by atoms with Crippen LogP contribution < -0.4 is 31.3 Å². The van der Waals surface area contributed by atoms with Crippen LogP contribution in [0.2, 0.25) is 0 Å². The quantitative estimate of drug-likeness (QED) is 0.149. The van der Waals surface area contributed by atoms with Crippen molar-refractivity contribution in [2.45, 2.75) is 77.6 Å². The molecule has 1 aromatic heterocycles. The average molecular weight is 911 g/mol. The summed E-state index contributed by atoms with van der Waals surface area (Å²) in [5.41, 5.74) is 8.00. The molecule has 12 rings (SSSR count). The molecule has 0 saturated heterocycles. The van der Waals surface area contributed by atoms with Gasteiger partial charge in [0.1, 0.15) is 5.76 Å². The second-order valence-corrected chi connectivity index (χ2v) is 20.6. The first-order valence-electron chi connectivity index (χ1n) is 30.9. The smallest absolute Gasteiger partial charge is 0.297 e. The van der Waals surface area contributed by atoms with E-state index in [4.69, 9.17) is 19.5 Å². The summed E-state index contributed by atoms with van der Waals surface area (Å²) in [6, 6.07) is 26.4. The fraction of sp³-hybridized carbons (Fsp3) is 0.188. The molecule has 8 aromatic carbocycles. The predicted octanol–water partition coefficient (Wildman–Crippen LogP) is 15.8. The van der Waals surface area contributed by atoms with Crippen LogP contribution in [0.4, 0.5) is 51.2 Å². The van der Waals surface area contributed by atoms with Gasteiger partial charge in [0, 0.05) is 50.8 Å². The molecule has 5 heteroatoms. The zero-order valence-corrected chi connectivity index (χ0v) is 39.6. The highest BCUT2D eigenvalue weighted by molar-refractivity contribution is 6.99. The highest BCUT2D eigenvalue weighted by Crippen LogP contribution is 2.56. The Hall–Kier alpha value is -7.50. The van der Waals surface area contributed by atoms with Crippen molar-refractivity contribution in [3.63, 3.8) is 0 Å². The molecular formula is C64H58BN3O. The fourth-order valence-corrected chi connectivity index (χ4v) is 10.6. The van der Waals surface area contributed by atoms with E-state index in [0.29, 0.717) is 50.8 Å². The molecule has 0 spiro atoms. The van der Waals surface area contributed by atoms with E-state index in [1.165, 1.54) is 0 Å². The number of anilines is 9. The molecular weight excluding hydrogens is 838 g/mol. The molecule has 338 valence electrons. The first kappa shape index (κ1) is 29.4. The van der Waals surface area contributed by atoms with E-state index >= 15 is 0 Å². The van der Waals surface area contributed by atoms with Crippen molar-refractivity contribution in [2.24, 2.45) is 0 Å². The Morgan fingerprint density at radius 3 is 1.80 bits per heavy atom. The number of hydrogen-bond acceptors (Lipinski definition) is 4. The van der Waals surface area contributed by atoms with E-state index in [2.05, 4.69) is 77.6 Å². The van der Waals surface area contributed by atoms with Gasteiger partial charge in [0.25, 0.3) is 6.71 Å². The van der Waals surface area contributed by atoms with Crippen molar-refractivity contribution in [3.05, 3.63) is 217 Å². The molecule has 0 amide bonds. The van der Waals surface area contributed by atoms with Crippen LogP contribution in [0.3, 0.4) is 0 Å². The van der Waals surface area contributed by atoms with Gasteiger partial charge < -0.3 is 19.1 Å². The van der Waals surface area contributed by atoms with Gasteiger partial charge in [0.2, 0.25) is 0 Å². The summed E-state index contributed by atoms with van der Waals surface area (Å²) in [7, 11) is 0. The summed E-state index contributed by atoms with van der Waals surface area (Å²) in [5.74, 6) is 0.825. The predicted molar refractivity (Wildman–Crippen MR) is 292 cm³/mol. The van der Waals surface area contributed by atoms with Crippen molar-refractivity contribution in [3.8, 4) is 22.3 Å². The van der Waals surface area contributed by atoms with Crippen LogP contribution in [0.15, 0.2) is 204 Å². The van der Waals surface area contributed by atoms with E-state index < -0.39 is 108 Å². The lowest BCUT2D eigenvalue weighted by atomic mass is 9.35. The summed E-state index contributed by atoms with van der Waals surface area (Å²) >= 11 is 0. The van der Waals surface area contributed by atoms with Gasteiger partial charge in [-0.05, 0) is 129 Å². The van der Waals surface area contributed by atoms with Crippen LogP contribution in [0.1, 0.15) is 98.8 Å². The Morgan fingerprint density at radius 1 is 0.536 bits per heavy atom. The largest absolute Gasteiger partial charge is 0.472 e. The molecule has 0 saturated carbocycles. The maximum Gasteiger partial charge on any atom is 0.297 e. The van der Waals surface area contributed by atoms with Crippen molar-refractivity contribution < 1.29 is 25.0 Å². The Bertz CT molecular complexity index is 4200. The molecule has 2 aliphatic heterocycles. The lowest BCUT2D eigenvalue weighted by molar-refractivity contribution is 0.282. The first-order valence-corrected chi connectivity index (χ1v) is 23.4. The average Bonchev–Trinajstić information content (AvgIpc) is 1.34. The van der Waals surface area contributed by atoms with Crippen molar-refractivity contribution in [2.75, 3.05) is 14.7 Å². The Morgan fingerprint density at radius 2 is 1.14 bits per heavy atom. The van der Waals surface area contributed by atoms with E-state index in [1.807, 2.05) is 35.2 Å². The molecule has 0 unspecified atom stereocenters. The highest BCUT2D eigenvalue weighted by Gasteiger charge is 2.52. The Labute approximate surface area is 429 Å². The number of para-hydroxylation sites is 2. The summed E-state index contributed by atoms with van der Waals surface area (Å²) in [6.07, 6.45) is 1.65. The molecule has 0 bridgehead atoms. The van der Waals surface area contributed by atoms with Gasteiger partial charge in [-0.3, -0.25) is 0 Å². The lowest BCUT2D eigenvalue weighted by Crippen LogP contribution is -2.61. The monoisotopic (exact) mass is 911 g/mol. The summed E-state index contributed by atoms with van der Waals surface area (Å²) in [6.45, 7) is 14.6. The van der Waals surface area contributed by atoms with Crippen molar-refractivity contribution in [1.82, 2.24) is 0 Å². The van der Waals surface area contributed by atoms with E-state index in [1.54, 1.807) is 59.5 Å². The standard InChI is InChI=1S/C64H58BN3O/c1-62(2,3)47-32-34-50(35-33-47)68-56-42-52(66(48-26-16-10-17-27-48)49-28-18-11-19-29-49)41-55-58(56)65(61-59(68)57-60(69-61)64(6,7)38-37-63(57,4)5)53-36-31-46(44-23-14-9-15-24-44)40-54(53)67(55)51-30-20-25-45(39-51)43-21-12-8-13-22-43/h8-36,39-42H,37-38H2,1-7H3/i8D,9D,10D,12D,13D,14D,15D,16D,17D,21D,22D,23D,24D,26D,27D. The van der Waals surface area contributed by atoms with Gasteiger partial charge in [-0.25, -0.2) is 0 Å². The molecule has 0 atom stereocenters. The van der Waals surface area contributed by atoms with Gasteiger partial charge in [-0.1, -0.05) is 182 Å². The molecule has 9 aromatic rings. The molecule has 0 N–H and O–H groups in total. The minimum atomic E-state index is -0.711. The van der Waals surface area contributed by atoms with E-state index in [0.717, 1.165) is 46.6 Å². The van der Waals surface area contributed by atoms with Crippen LogP contribution in [0.25, 0.3) is 22.3 Å². The van der Waals surface area contributed by atoms with Crippen molar-refractivity contribution in [1.29, 1.82) is 0 Å². The van der Waals surface area contributed by atoms with E-state index in [9.17, 15) is 5.48 Å². The number of hydrogen-bond donors (Lipinski definition) is 0. The number of rotatable bonds is 7. The van der Waals surface area contributed by atoms with Gasteiger partial charge in [-0.15, -0.1) is 0 Å². The molecule has 3 aliphatic rings. The van der Waals surface area contributed by atoms with Crippen LogP contribution in [0, 0.1) is 0 Å². The maximum absolute atomic E-state index is 9.55. The normalized spacial score (nSPS) is 18.2. The first-order chi connectivity index (χ1) is 39.6. The van der Waals surface area contributed by atoms with Gasteiger partial charge >= 0.3 is 0 Å². The molecule has 0 fully saturated rings. The highest BCUT2D eigenvalue weighted by atomic mass is 16.3. The number of nitrogens with zero attached hydrogens (tertiary/aromatic N) is 3. The lowest BCUT2D eigenvalue weighted by Gasteiger charge is -2.45. The molecule has 0 radical (unpaired) electrons. The molecule has 3 heterocycles. The summed E-state index contributed by atoms with van der Waals surface area (Å²) < 4.78 is 142. The molecule has 69 heavy (non-hydrogen) atoms. The number of fused-ring (bicyclic) bond motifs is 6. The van der Waals surface area contributed by atoms with Gasteiger partial charge in [0.05, 0.1) is 37.6 Å². The van der Waals surface area contributed by atoms with E-state index in [-0.39, 0.29) is 27.8 Å². The second kappa shape index (κ2) is 16.1. The SMILES string of the molecule is [2H]c1c([2H])c([2H])c(-c2cccc(N3c4cc(-c5c([2H])c([2H])c([2H])c([2H])c5[2H])ccc4B4c5oc6c(c5N(c5ccc(C(C)(C)C)cc5)c5cc(N(c7ccccc7)c7c([2H])c([2H])c([2H])c([2H])c7[2H])cc3c54)C(C)(C)CCC6(C)C)c2)c([2H])c1[2H]. The maximum atomic E-state index is 9.55. The third-order valence-corrected chi connectivity index (χ3v) is 14.2. The summed E-state index contributed by atoms with van der Waals surface area (Å²) in [4.78, 5) is 5.84. The minimum Gasteiger partial charge on any atom is -0.472 e.